The Morgan fingerprint density at radius 2 is 2.29 bits per heavy atom. The molecule has 3 N–H and O–H groups in total. The molecule has 17 heavy (non-hydrogen) atoms. The lowest BCUT2D eigenvalue weighted by atomic mass is 9.97. The van der Waals surface area contributed by atoms with Crippen LogP contribution in [0.1, 0.15) is 25.6 Å². The summed E-state index contributed by atoms with van der Waals surface area (Å²) in [5, 5.41) is 0. The number of thiophene rings is 1. The van der Waals surface area contributed by atoms with E-state index in [1.165, 1.54) is 12.8 Å². The van der Waals surface area contributed by atoms with E-state index in [-0.39, 0.29) is 5.54 Å². The molecule has 2 heterocycles. The van der Waals surface area contributed by atoms with E-state index in [1.807, 2.05) is 18.3 Å². The Morgan fingerprint density at radius 3 is 2.88 bits per heavy atom. The molecule has 0 saturated heterocycles. The van der Waals surface area contributed by atoms with Crippen LogP contribution < -0.4 is 5.73 Å². The van der Waals surface area contributed by atoms with Crippen molar-refractivity contribution in [2.45, 2.75) is 25.3 Å². The van der Waals surface area contributed by atoms with Gasteiger partial charge >= 0.3 is 0 Å². The first-order valence-electron chi connectivity index (χ1n) is 5.67. The van der Waals surface area contributed by atoms with Crippen molar-refractivity contribution in [2.24, 2.45) is 11.7 Å². The van der Waals surface area contributed by atoms with Gasteiger partial charge in [0.1, 0.15) is 5.82 Å². The van der Waals surface area contributed by atoms with Gasteiger partial charge < -0.3 is 10.7 Å². The molecule has 0 spiro atoms. The van der Waals surface area contributed by atoms with Gasteiger partial charge in [-0.2, -0.15) is 0 Å². The first kappa shape index (κ1) is 11.3. The highest BCUT2D eigenvalue weighted by atomic mass is 35.5. The van der Waals surface area contributed by atoms with Crippen LogP contribution in [0.5, 0.6) is 0 Å². The van der Waals surface area contributed by atoms with Gasteiger partial charge in [0.2, 0.25) is 0 Å². The van der Waals surface area contributed by atoms with E-state index in [0.717, 1.165) is 20.7 Å². The molecule has 2 aromatic heterocycles. The van der Waals surface area contributed by atoms with Gasteiger partial charge in [0, 0.05) is 0 Å². The number of halogens is 1. The number of rotatable bonds is 3. The van der Waals surface area contributed by atoms with Crippen LogP contribution in [0.4, 0.5) is 0 Å². The van der Waals surface area contributed by atoms with Crippen molar-refractivity contribution in [3.63, 3.8) is 0 Å². The monoisotopic (exact) mass is 267 g/mol. The number of hydrogen-bond donors (Lipinski definition) is 2. The molecular formula is C12H14ClN3S. The van der Waals surface area contributed by atoms with Crippen molar-refractivity contribution in [1.29, 1.82) is 0 Å². The smallest absolute Gasteiger partial charge is 0.126 e. The fraction of sp³-hybridized carbons (Fsp3) is 0.417. The normalized spacial score (nSPS) is 19.2. The van der Waals surface area contributed by atoms with Gasteiger partial charge in [-0.25, -0.2) is 4.98 Å². The summed E-state index contributed by atoms with van der Waals surface area (Å²) in [6.07, 6.45) is 4.24. The van der Waals surface area contributed by atoms with E-state index in [2.05, 4.69) is 16.9 Å². The Balaban J connectivity index is 1.92. The second-order valence-electron chi connectivity index (χ2n) is 4.81. The van der Waals surface area contributed by atoms with Crippen LogP contribution in [0.15, 0.2) is 18.3 Å². The van der Waals surface area contributed by atoms with E-state index >= 15 is 0 Å². The topological polar surface area (TPSA) is 54.7 Å². The minimum absolute atomic E-state index is 0.334. The Labute approximate surface area is 109 Å². The van der Waals surface area contributed by atoms with E-state index in [9.17, 15) is 0 Å². The summed E-state index contributed by atoms with van der Waals surface area (Å²) >= 11 is 7.47. The largest absolute Gasteiger partial charge is 0.340 e. The highest BCUT2D eigenvalue weighted by Gasteiger charge is 2.41. The van der Waals surface area contributed by atoms with Gasteiger partial charge in [-0.05, 0) is 37.8 Å². The highest BCUT2D eigenvalue weighted by Crippen LogP contribution is 2.43. The molecule has 0 aromatic carbocycles. The average Bonchev–Trinajstić information content (AvgIpc) is 2.87. The van der Waals surface area contributed by atoms with Crippen LogP contribution in [-0.2, 0) is 5.54 Å². The molecule has 0 aliphatic heterocycles. The number of imidazole rings is 1. The van der Waals surface area contributed by atoms with E-state index < -0.39 is 0 Å². The molecule has 1 fully saturated rings. The molecule has 3 rings (SSSR count). The van der Waals surface area contributed by atoms with Crippen LogP contribution in [-0.4, -0.2) is 9.97 Å². The maximum Gasteiger partial charge on any atom is 0.126 e. The Morgan fingerprint density at radius 1 is 1.53 bits per heavy atom. The zero-order chi connectivity index (χ0) is 12.0. The lowest BCUT2D eigenvalue weighted by molar-refractivity contribution is 0.404. The van der Waals surface area contributed by atoms with Crippen molar-refractivity contribution in [3.05, 3.63) is 28.5 Å². The molecule has 1 atom stereocenters. The average molecular weight is 268 g/mol. The molecule has 90 valence electrons. The standard InChI is InChI=1S/C12H14ClN3S/c1-12(14,7-2-3-7)11-15-6-8(16-11)9-4-5-10(13)17-9/h4-7H,2-3,14H2,1H3,(H,15,16). The minimum atomic E-state index is -0.334. The SMILES string of the molecule is CC(N)(c1ncc(-c2ccc(Cl)s2)[nH]1)C1CC1. The second-order valence-corrected chi connectivity index (χ2v) is 6.52. The quantitative estimate of drug-likeness (QED) is 0.896. The van der Waals surface area contributed by atoms with Crippen molar-refractivity contribution in [2.75, 3.05) is 0 Å². The molecule has 2 aromatic rings. The molecule has 1 aliphatic carbocycles. The van der Waals surface area contributed by atoms with Crippen LogP contribution >= 0.6 is 22.9 Å². The summed E-state index contributed by atoms with van der Waals surface area (Å²) < 4.78 is 0.786. The highest BCUT2D eigenvalue weighted by molar-refractivity contribution is 7.19. The molecule has 0 radical (unpaired) electrons. The zero-order valence-electron chi connectivity index (χ0n) is 9.53. The summed E-state index contributed by atoms with van der Waals surface area (Å²) in [6, 6.07) is 3.89. The third-order valence-electron chi connectivity index (χ3n) is 3.35. The maximum atomic E-state index is 6.32. The molecule has 0 amide bonds. The predicted molar refractivity (Wildman–Crippen MR) is 71.2 cm³/mol. The van der Waals surface area contributed by atoms with Crippen LogP contribution in [0.3, 0.4) is 0 Å². The van der Waals surface area contributed by atoms with Crippen LogP contribution in [0, 0.1) is 5.92 Å². The van der Waals surface area contributed by atoms with Crippen molar-refractivity contribution in [1.82, 2.24) is 9.97 Å². The molecule has 1 aliphatic rings. The number of nitrogens with two attached hydrogens (primary N) is 1. The molecule has 5 heteroatoms. The van der Waals surface area contributed by atoms with E-state index in [1.54, 1.807) is 11.3 Å². The van der Waals surface area contributed by atoms with Crippen LogP contribution in [0.25, 0.3) is 10.6 Å². The number of nitrogens with one attached hydrogen (secondary N) is 1. The fourth-order valence-corrected chi connectivity index (χ4v) is 3.06. The summed E-state index contributed by atoms with van der Waals surface area (Å²) in [5.74, 6) is 1.44. The number of nitrogens with zero attached hydrogens (tertiary/aromatic N) is 1. The maximum absolute atomic E-state index is 6.32. The number of H-pyrrole nitrogens is 1. The minimum Gasteiger partial charge on any atom is -0.340 e. The lowest BCUT2D eigenvalue weighted by Gasteiger charge is -2.21. The number of aromatic amines is 1. The molecule has 3 nitrogen and oxygen atoms in total. The Hall–Kier alpha value is -0.840. The van der Waals surface area contributed by atoms with Crippen molar-refractivity contribution in [3.8, 4) is 10.6 Å². The molecule has 1 unspecified atom stereocenters. The predicted octanol–water partition coefficient (Wildman–Crippen LogP) is 3.38. The second kappa shape index (κ2) is 3.83. The number of aromatic nitrogens is 2. The zero-order valence-corrected chi connectivity index (χ0v) is 11.1. The molecule has 1 saturated carbocycles. The van der Waals surface area contributed by atoms with Gasteiger partial charge in [0.25, 0.3) is 0 Å². The Kier molecular flexibility index (Phi) is 2.54. The van der Waals surface area contributed by atoms with Gasteiger partial charge in [0.15, 0.2) is 0 Å². The lowest BCUT2D eigenvalue weighted by Crippen LogP contribution is -2.36. The first-order chi connectivity index (χ1) is 8.07. The first-order valence-corrected chi connectivity index (χ1v) is 6.87. The summed E-state index contributed by atoms with van der Waals surface area (Å²) in [6.45, 7) is 2.05. The van der Waals surface area contributed by atoms with Gasteiger partial charge in [-0.15, -0.1) is 11.3 Å². The van der Waals surface area contributed by atoms with Crippen LogP contribution in [0.2, 0.25) is 4.34 Å². The van der Waals surface area contributed by atoms with Gasteiger partial charge in [0.05, 0.1) is 26.6 Å². The fourth-order valence-electron chi connectivity index (χ4n) is 2.06. The van der Waals surface area contributed by atoms with Crippen molar-refractivity contribution < 1.29 is 0 Å². The van der Waals surface area contributed by atoms with Gasteiger partial charge in [-0.3, -0.25) is 0 Å². The molecular weight excluding hydrogens is 254 g/mol. The van der Waals surface area contributed by atoms with E-state index in [4.69, 9.17) is 17.3 Å². The summed E-state index contributed by atoms with van der Waals surface area (Å²) in [5.41, 5.74) is 6.98. The summed E-state index contributed by atoms with van der Waals surface area (Å²) in [7, 11) is 0. The van der Waals surface area contributed by atoms with Crippen molar-refractivity contribution >= 4 is 22.9 Å². The van der Waals surface area contributed by atoms with Gasteiger partial charge in [-0.1, -0.05) is 11.6 Å². The summed E-state index contributed by atoms with van der Waals surface area (Å²) in [4.78, 5) is 8.84. The molecule has 0 bridgehead atoms. The van der Waals surface area contributed by atoms with E-state index in [0.29, 0.717) is 5.92 Å². The Bertz CT molecular complexity index is 539. The third-order valence-corrected chi connectivity index (χ3v) is 4.61. The third kappa shape index (κ3) is 2.01. The number of hydrogen-bond acceptors (Lipinski definition) is 3.